The SMILES string of the molecule is CNCc1ccc(-n2cc(-c3nc(NC4CCN(S(C)(=O)=O)CC4)ncc3C)cn2)c(C)c1. The number of anilines is 1. The molecule has 1 aliphatic rings. The van der Waals surface area contributed by atoms with Crippen molar-refractivity contribution < 1.29 is 8.42 Å². The van der Waals surface area contributed by atoms with E-state index in [9.17, 15) is 8.42 Å². The molecule has 0 unspecified atom stereocenters. The fraction of sp³-hybridized carbons (Fsp3) is 0.435. The van der Waals surface area contributed by atoms with E-state index in [1.807, 2.05) is 37.2 Å². The van der Waals surface area contributed by atoms with Crippen LogP contribution >= 0.6 is 0 Å². The summed E-state index contributed by atoms with van der Waals surface area (Å²) in [4.78, 5) is 9.20. The Hall–Kier alpha value is -2.82. The molecule has 9 nitrogen and oxygen atoms in total. The molecule has 0 amide bonds. The molecule has 10 heteroatoms. The fourth-order valence-corrected chi connectivity index (χ4v) is 5.06. The lowest BCUT2D eigenvalue weighted by Gasteiger charge is -2.30. The van der Waals surface area contributed by atoms with Gasteiger partial charge in [0, 0.05) is 43.6 Å². The summed E-state index contributed by atoms with van der Waals surface area (Å²) in [6, 6.07) is 6.50. The van der Waals surface area contributed by atoms with Crippen LogP contribution in [0.25, 0.3) is 16.9 Å². The molecule has 3 heterocycles. The number of piperidine rings is 1. The van der Waals surface area contributed by atoms with Crippen LogP contribution in [0.2, 0.25) is 0 Å². The molecule has 33 heavy (non-hydrogen) atoms. The maximum absolute atomic E-state index is 11.7. The summed E-state index contributed by atoms with van der Waals surface area (Å²) in [5.41, 5.74) is 6.13. The Kier molecular flexibility index (Phi) is 6.78. The van der Waals surface area contributed by atoms with Gasteiger partial charge in [-0.25, -0.2) is 27.4 Å². The Balaban J connectivity index is 1.51. The Labute approximate surface area is 195 Å². The molecule has 176 valence electrons. The summed E-state index contributed by atoms with van der Waals surface area (Å²) in [6.07, 6.45) is 8.33. The minimum absolute atomic E-state index is 0.139. The molecule has 0 saturated carbocycles. The molecule has 2 aromatic heterocycles. The Morgan fingerprint density at radius 1 is 1.12 bits per heavy atom. The van der Waals surface area contributed by atoms with Gasteiger partial charge in [0.05, 0.1) is 23.8 Å². The topological polar surface area (TPSA) is 105 Å². The number of nitrogens with zero attached hydrogens (tertiary/aromatic N) is 5. The van der Waals surface area contributed by atoms with Gasteiger partial charge in [-0.05, 0) is 56.5 Å². The van der Waals surface area contributed by atoms with Crippen molar-refractivity contribution in [1.29, 1.82) is 0 Å². The molecule has 0 bridgehead atoms. The highest BCUT2D eigenvalue weighted by Gasteiger charge is 2.25. The molecule has 1 aliphatic heterocycles. The molecule has 0 radical (unpaired) electrons. The van der Waals surface area contributed by atoms with Crippen molar-refractivity contribution in [2.75, 3.05) is 31.7 Å². The molecule has 3 aromatic rings. The van der Waals surface area contributed by atoms with Crippen molar-refractivity contribution in [3.63, 3.8) is 0 Å². The fourth-order valence-electron chi connectivity index (χ4n) is 4.18. The van der Waals surface area contributed by atoms with Crippen molar-refractivity contribution >= 4 is 16.0 Å². The van der Waals surface area contributed by atoms with Crippen LogP contribution in [-0.4, -0.2) is 64.9 Å². The zero-order valence-corrected chi connectivity index (χ0v) is 20.4. The zero-order chi connectivity index (χ0) is 23.6. The highest BCUT2D eigenvalue weighted by atomic mass is 32.2. The van der Waals surface area contributed by atoms with E-state index in [-0.39, 0.29) is 6.04 Å². The minimum Gasteiger partial charge on any atom is -0.351 e. The third kappa shape index (κ3) is 5.40. The third-order valence-electron chi connectivity index (χ3n) is 5.97. The maximum Gasteiger partial charge on any atom is 0.223 e. The van der Waals surface area contributed by atoms with Crippen LogP contribution in [0.15, 0.2) is 36.8 Å². The van der Waals surface area contributed by atoms with E-state index in [2.05, 4.69) is 45.8 Å². The number of aromatic nitrogens is 4. The standard InChI is InChI=1S/C23H31N7O2S/c1-16-11-18(13-24-3)5-6-21(16)30-15-19(14-26-30)22-17(2)12-25-23(28-22)27-20-7-9-29(10-8-20)33(4,31)32/h5-6,11-12,14-15,20,24H,7-10,13H2,1-4H3,(H,25,27,28). The van der Waals surface area contributed by atoms with Gasteiger partial charge < -0.3 is 10.6 Å². The van der Waals surface area contributed by atoms with Gasteiger partial charge in [-0.15, -0.1) is 0 Å². The van der Waals surface area contributed by atoms with Crippen molar-refractivity contribution in [3.05, 3.63) is 53.5 Å². The van der Waals surface area contributed by atoms with Crippen LogP contribution < -0.4 is 10.6 Å². The predicted octanol–water partition coefficient (Wildman–Crippen LogP) is 2.50. The van der Waals surface area contributed by atoms with Gasteiger partial charge in [0.1, 0.15) is 0 Å². The van der Waals surface area contributed by atoms with Gasteiger partial charge in [-0.2, -0.15) is 5.10 Å². The van der Waals surface area contributed by atoms with Crippen LogP contribution in [0.5, 0.6) is 0 Å². The van der Waals surface area contributed by atoms with Gasteiger partial charge in [0.15, 0.2) is 0 Å². The van der Waals surface area contributed by atoms with E-state index in [1.165, 1.54) is 16.1 Å². The van der Waals surface area contributed by atoms with E-state index < -0.39 is 10.0 Å². The summed E-state index contributed by atoms with van der Waals surface area (Å²) >= 11 is 0. The van der Waals surface area contributed by atoms with Crippen LogP contribution in [0, 0.1) is 13.8 Å². The molecule has 1 saturated heterocycles. The van der Waals surface area contributed by atoms with Gasteiger partial charge in [-0.1, -0.05) is 12.1 Å². The summed E-state index contributed by atoms with van der Waals surface area (Å²) in [7, 11) is -1.20. The molecule has 0 spiro atoms. The van der Waals surface area contributed by atoms with Crippen LogP contribution in [0.3, 0.4) is 0 Å². The van der Waals surface area contributed by atoms with E-state index in [0.717, 1.165) is 47.5 Å². The summed E-state index contributed by atoms with van der Waals surface area (Å²) in [5.74, 6) is 0.550. The number of aryl methyl sites for hydroxylation is 2. The Morgan fingerprint density at radius 3 is 2.55 bits per heavy atom. The normalized spacial score (nSPS) is 15.6. The zero-order valence-electron chi connectivity index (χ0n) is 19.5. The van der Waals surface area contributed by atoms with E-state index in [1.54, 1.807) is 0 Å². The predicted molar refractivity (Wildman–Crippen MR) is 130 cm³/mol. The minimum atomic E-state index is -3.14. The highest BCUT2D eigenvalue weighted by Crippen LogP contribution is 2.25. The first-order valence-corrected chi connectivity index (χ1v) is 12.9. The highest BCUT2D eigenvalue weighted by molar-refractivity contribution is 7.88. The van der Waals surface area contributed by atoms with Crippen molar-refractivity contribution in [3.8, 4) is 16.9 Å². The molecular weight excluding hydrogens is 438 g/mol. The monoisotopic (exact) mass is 469 g/mol. The summed E-state index contributed by atoms with van der Waals surface area (Å²) in [5, 5.41) is 11.1. The molecule has 1 fully saturated rings. The third-order valence-corrected chi connectivity index (χ3v) is 7.28. The first kappa shape index (κ1) is 23.3. The van der Waals surface area contributed by atoms with Gasteiger partial charge in [0.2, 0.25) is 16.0 Å². The van der Waals surface area contributed by atoms with Crippen molar-refractivity contribution in [2.24, 2.45) is 0 Å². The number of sulfonamides is 1. The average molecular weight is 470 g/mol. The molecule has 2 N–H and O–H groups in total. The second-order valence-corrected chi connectivity index (χ2v) is 10.6. The second-order valence-electron chi connectivity index (χ2n) is 8.63. The Morgan fingerprint density at radius 2 is 1.88 bits per heavy atom. The van der Waals surface area contributed by atoms with Gasteiger partial charge in [-0.3, -0.25) is 0 Å². The lowest BCUT2D eigenvalue weighted by molar-refractivity contribution is 0.331. The van der Waals surface area contributed by atoms with E-state index in [0.29, 0.717) is 19.0 Å². The lowest BCUT2D eigenvalue weighted by atomic mass is 10.1. The first-order chi connectivity index (χ1) is 15.7. The first-order valence-electron chi connectivity index (χ1n) is 11.1. The van der Waals surface area contributed by atoms with Crippen LogP contribution in [0.1, 0.15) is 29.5 Å². The van der Waals surface area contributed by atoms with E-state index >= 15 is 0 Å². The molecular formula is C23H31N7O2S. The second kappa shape index (κ2) is 9.58. The quantitative estimate of drug-likeness (QED) is 0.548. The maximum atomic E-state index is 11.7. The molecule has 4 rings (SSSR count). The number of hydrogen-bond donors (Lipinski definition) is 2. The average Bonchev–Trinajstić information content (AvgIpc) is 3.25. The largest absolute Gasteiger partial charge is 0.351 e. The number of rotatable bonds is 7. The van der Waals surface area contributed by atoms with Crippen LogP contribution in [0.4, 0.5) is 5.95 Å². The van der Waals surface area contributed by atoms with Gasteiger partial charge in [0.25, 0.3) is 0 Å². The lowest BCUT2D eigenvalue weighted by Crippen LogP contribution is -2.42. The number of benzene rings is 1. The van der Waals surface area contributed by atoms with Crippen LogP contribution in [-0.2, 0) is 16.6 Å². The number of hydrogen-bond acceptors (Lipinski definition) is 7. The van der Waals surface area contributed by atoms with Crippen molar-refractivity contribution in [1.82, 2.24) is 29.4 Å². The summed E-state index contributed by atoms with van der Waals surface area (Å²) < 4.78 is 26.9. The molecule has 1 aromatic carbocycles. The number of nitrogens with one attached hydrogen (secondary N) is 2. The molecule has 0 aliphatic carbocycles. The van der Waals surface area contributed by atoms with E-state index in [4.69, 9.17) is 4.98 Å². The smallest absolute Gasteiger partial charge is 0.223 e. The Bertz CT molecular complexity index is 1230. The summed E-state index contributed by atoms with van der Waals surface area (Å²) in [6.45, 7) is 5.92. The molecule has 0 atom stereocenters. The van der Waals surface area contributed by atoms with Gasteiger partial charge >= 0.3 is 0 Å². The van der Waals surface area contributed by atoms with Crippen molar-refractivity contribution in [2.45, 2.75) is 39.3 Å².